The minimum absolute atomic E-state index is 0.0370. The first kappa shape index (κ1) is 26.5. The fraction of sp³-hybridized carbons (Fsp3) is 0. The molecular formula is C51H31N3OS. The van der Waals surface area contributed by atoms with Crippen LogP contribution in [0.1, 0.15) is 8.22 Å². The number of hydrogen-bond donors (Lipinski definition) is 0. The molecule has 8 aromatic carbocycles. The Morgan fingerprint density at radius 2 is 0.946 bits per heavy atom. The molecule has 262 valence electrons. The minimum atomic E-state index is -0.285. The molecule has 5 heteroatoms. The molecule has 0 fully saturated rings. The van der Waals surface area contributed by atoms with Gasteiger partial charge in [0.15, 0.2) is 17.5 Å². The number of hydrogen-bond acceptors (Lipinski definition) is 5. The molecule has 0 aliphatic rings. The van der Waals surface area contributed by atoms with Crippen molar-refractivity contribution >= 4 is 53.4 Å². The summed E-state index contributed by atoms with van der Waals surface area (Å²) in [6.07, 6.45) is 0. The largest absolute Gasteiger partial charge is 0.456 e. The first-order valence-electron chi connectivity index (χ1n) is 21.2. The molecule has 0 aliphatic heterocycles. The Hall–Kier alpha value is -7.21. The van der Waals surface area contributed by atoms with E-state index < -0.39 is 0 Å². The maximum absolute atomic E-state index is 9.74. The third-order valence-corrected chi connectivity index (χ3v) is 11.1. The summed E-state index contributed by atoms with van der Waals surface area (Å²) in [6, 6.07) is 47.7. The molecule has 0 amide bonds. The Morgan fingerprint density at radius 1 is 0.375 bits per heavy atom. The monoisotopic (exact) mass is 739 g/mol. The lowest BCUT2D eigenvalue weighted by atomic mass is 9.98. The van der Waals surface area contributed by atoms with Crippen molar-refractivity contribution < 1.29 is 12.6 Å². The number of rotatable bonds is 6. The highest BCUT2D eigenvalue weighted by molar-refractivity contribution is 7.25. The van der Waals surface area contributed by atoms with Crippen molar-refractivity contribution in [1.82, 2.24) is 15.0 Å². The van der Waals surface area contributed by atoms with Crippen LogP contribution < -0.4 is 0 Å². The van der Waals surface area contributed by atoms with Gasteiger partial charge in [-0.05, 0) is 69.7 Å². The van der Waals surface area contributed by atoms with Gasteiger partial charge in [0.1, 0.15) is 11.2 Å². The topological polar surface area (TPSA) is 51.8 Å². The number of nitrogens with zero attached hydrogens (tertiary/aromatic N) is 3. The molecule has 11 rings (SSSR count). The summed E-state index contributed by atoms with van der Waals surface area (Å²) in [5, 5.41) is 2.20. The van der Waals surface area contributed by atoms with Gasteiger partial charge in [0.05, 0.1) is 8.22 Å². The second kappa shape index (κ2) is 13.3. The predicted octanol–water partition coefficient (Wildman–Crippen LogP) is 14.1. The first-order valence-corrected chi connectivity index (χ1v) is 19.0. The van der Waals surface area contributed by atoms with Crippen LogP contribution in [-0.2, 0) is 0 Å². The Morgan fingerprint density at radius 3 is 1.64 bits per heavy atom. The van der Waals surface area contributed by atoms with E-state index in [-0.39, 0.29) is 64.0 Å². The molecule has 0 bridgehead atoms. The Labute approximate surface area is 335 Å². The van der Waals surface area contributed by atoms with Gasteiger partial charge in [-0.2, -0.15) is 0 Å². The van der Waals surface area contributed by atoms with Gasteiger partial charge in [-0.25, -0.2) is 15.0 Å². The summed E-state index contributed by atoms with van der Waals surface area (Å²) in [5.74, 6) is 0.724. The van der Waals surface area contributed by atoms with Crippen molar-refractivity contribution in [3.63, 3.8) is 0 Å². The maximum atomic E-state index is 9.74. The van der Waals surface area contributed by atoms with Crippen LogP contribution in [-0.4, -0.2) is 15.0 Å². The highest BCUT2D eigenvalue weighted by Gasteiger charge is 2.19. The third-order valence-electron chi connectivity index (χ3n) is 10.0. The van der Waals surface area contributed by atoms with Crippen LogP contribution in [0, 0.1) is 0 Å². The van der Waals surface area contributed by atoms with Crippen LogP contribution in [0.4, 0.5) is 0 Å². The SMILES string of the molecule is [2H]c1c(-c2ccc3oc4ccccc4c3c2)c([2H])c2c(sc3c([2H])c(-c4nc(-c5ccccc5-c5ccccc5)nc(-c5ccccc5-c5ccccc5)n4)c([2H])c([2H])c32)c1[2H]. The fourth-order valence-electron chi connectivity index (χ4n) is 7.35. The van der Waals surface area contributed by atoms with Crippen LogP contribution >= 0.6 is 11.3 Å². The average molecular weight is 740 g/mol. The van der Waals surface area contributed by atoms with E-state index in [1.165, 1.54) is 0 Å². The van der Waals surface area contributed by atoms with Crippen molar-refractivity contribution in [2.75, 3.05) is 0 Å². The van der Waals surface area contributed by atoms with Crippen LogP contribution in [0.15, 0.2) is 192 Å². The van der Waals surface area contributed by atoms with Gasteiger partial charge in [0.25, 0.3) is 0 Å². The van der Waals surface area contributed by atoms with Crippen molar-refractivity contribution in [3.05, 3.63) is 188 Å². The zero-order chi connectivity index (χ0) is 42.2. The molecule has 3 heterocycles. The summed E-state index contributed by atoms with van der Waals surface area (Å²) < 4.78 is 63.5. The summed E-state index contributed by atoms with van der Waals surface area (Å²) in [4.78, 5) is 15.1. The molecule has 4 nitrogen and oxygen atoms in total. The third kappa shape index (κ3) is 5.56. The van der Waals surface area contributed by atoms with Crippen LogP contribution in [0.5, 0.6) is 0 Å². The van der Waals surface area contributed by atoms with Crippen LogP contribution in [0.3, 0.4) is 0 Å². The highest BCUT2D eigenvalue weighted by Crippen LogP contribution is 2.41. The van der Waals surface area contributed by atoms with Crippen molar-refractivity contribution in [2.45, 2.75) is 0 Å². The van der Waals surface area contributed by atoms with E-state index in [0.29, 0.717) is 32.2 Å². The number of furan rings is 1. The standard InChI is InChI=1S/C51H31N3OS/c1-3-13-32(14-4-1)37-17-7-9-20-41(37)50-52-49(53-51(54-50)42-21-10-8-18-38(42)33-15-5-2-6-16-33)36-23-26-40-44-30-35(25-28-47(44)56-48(40)31-36)34-24-27-46-43(29-34)39-19-11-12-22-45(39)55-46/h1-31H/i23D,25D,26D,28D,30D,31D. The second-order valence-electron chi connectivity index (χ2n) is 13.4. The molecular weight excluding hydrogens is 703 g/mol. The number of fused-ring (bicyclic) bond motifs is 6. The maximum Gasteiger partial charge on any atom is 0.164 e. The van der Waals surface area contributed by atoms with E-state index in [2.05, 4.69) is 0 Å². The summed E-state index contributed by atoms with van der Waals surface area (Å²) in [6.45, 7) is 0. The number of thiophene rings is 1. The molecule has 56 heavy (non-hydrogen) atoms. The fourth-order valence-corrected chi connectivity index (χ4v) is 8.32. The van der Waals surface area contributed by atoms with Gasteiger partial charge >= 0.3 is 0 Å². The molecule has 0 saturated heterocycles. The Bertz CT molecular complexity index is 3510. The lowest BCUT2D eigenvalue weighted by Crippen LogP contribution is -2.02. The molecule has 0 radical (unpaired) electrons. The van der Waals surface area contributed by atoms with Gasteiger partial charge in [-0.3, -0.25) is 0 Å². The van der Waals surface area contributed by atoms with E-state index in [9.17, 15) is 8.22 Å². The van der Waals surface area contributed by atoms with Gasteiger partial charge in [-0.15, -0.1) is 11.3 Å². The number of para-hydroxylation sites is 1. The van der Waals surface area contributed by atoms with E-state index in [0.717, 1.165) is 61.1 Å². The molecule has 0 N–H and O–H groups in total. The quantitative estimate of drug-likeness (QED) is 0.170. The average Bonchev–Trinajstić information content (AvgIpc) is 3.91. The molecule has 0 saturated carbocycles. The van der Waals surface area contributed by atoms with Gasteiger partial charge in [0.2, 0.25) is 0 Å². The minimum Gasteiger partial charge on any atom is -0.456 e. The number of aromatic nitrogens is 3. The van der Waals surface area contributed by atoms with Crippen molar-refractivity contribution in [3.8, 4) is 67.5 Å². The Balaban J connectivity index is 1.16. The van der Waals surface area contributed by atoms with Gasteiger partial charge in [0, 0.05) is 47.6 Å². The highest BCUT2D eigenvalue weighted by atomic mass is 32.1. The van der Waals surface area contributed by atoms with Crippen LogP contribution in [0.2, 0.25) is 0 Å². The molecule has 0 unspecified atom stereocenters. The lowest BCUT2D eigenvalue weighted by Gasteiger charge is -2.14. The molecule has 0 atom stereocenters. The van der Waals surface area contributed by atoms with Crippen molar-refractivity contribution in [2.24, 2.45) is 0 Å². The Kier molecular flexibility index (Phi) is 6.29. The van der Waals surface area contributed by atoms with Crippen LogP contribution in [0.25, 0.3) is 110 Å². The summed E-state index contributed by atoms with van der Waals surface area (Å²) in [5.41, 5.74) is 7.36. The molecule has 0 spiro atoms. The molecule has 11 aromatic rings. The van der Waals surface area contributed by atoms with E-state index in [1.807, 2.05) is 146 Å². The summed E-state index contributed by atoms with van der Waals surface area (Å²) >= 11 is 1.08. The normalized spacial score (nSPS) is 13.1. The predicted molar refractivity (Wildman–Crippen MR) is 233 cm³/mol. The van der Waals surface area contributed by atoms with Crippen molar-refractivity contribution in [1.29, 1.82) is 0 Å². The van der Waals surface area contributed by atoms with E-state index >= 15 is 0 Å². The first-order chi connectivity index (χ1) is 30.3. The van der Waals surface area contributed by atoms with Gasteiger partial charge in [-0.1, -0.05) is 152 Å². The lowest BCUT2D eigenvalue weighted by molar-refractivity contribution is 0.669. The van der Waals surface area contributed by atoms with Gasteiger partial charge < -0.3 is 4.42 Å². The second-order valence-corrected chi connectivity index (χ2v) is 14.5. The zero-order valence-electron chi connectivity index (χ0n) is 35.6. The number of benzene rings is 8. The summed E-state index contributed by atoms with van der Waals surface area (Å²) in [7, 11) is 0. The molecule has 0 aliphatic carbocycles. The smallest absolute Gasteiger partial charge is 0.164 e. The van der Waals surface area contributed by atoms with E-state index in [1.54, 1.807) is 6.07 Å². The zero-order valence-corrected chi connectivity index (χ0v) is 30.4. The molecule has 3 aromatic heterocycles. The van der Waals surface area contributed by atoms with E-state index in [4.69, 9.17) is 19.4 Å².